The van der Waals surface area contributed by atoms with Crippen molar-refractivity contribution in [2.45, 2.75) is 46.6 Å². The first-order valence-electron chi connectivity index (χ1n) is 13.1. The van der Waals surface area contributed by atoms with Gasteiger partial charge >= 0.3 is 0 Å². The summed E-state index contributed by atoms with van der Waals surface area (Å²) >= 11 is 1.71. The highest BCUT2D eigenvalue weighted by molar-refractivity contribution is 7.16. The number of hydrogen-bond donors (Lipinski definition) is 0. The lowest BCUT2D eigenvalue weighted by Gasteiger charge is -2.33. The maximum Gasteiger partial charge on any atom is 0.134 e. The number of rotatable bonds is 4. The minimum atomic E-state index is 0.282. The van der Waals surface area contributed by atoms with Crippen LogP contribution in [0.15, 0.2) is 77.9 Å². The van der Waals surface area contributed by atoms with E-state index in [-0.39, 0.29) is 5.41 Å². The van der Waals surface area contributed by atoms with Crippen molar-refractivity contribution >= 4 is 44.2 Å². The Morgan fingerprint density at radius 3 is 2.59 bits per heavy atom. The lowest BCUT2D eigenvalue weighted by Crippen LogP contribution is -2.26. The van der Waals surface area contributed by atoms with Crippen LogP contribution in [0, 0.1) is 22.7 Å². The van der Waals surface area contributed by atoms with Gasteiger partial charge in [0.05, 0.1) is 5.56 Å². The summed E-state index contributed by atoms with van der Waals surface area (Å²) in [5.74, 6) is 0.647. The van der Waals surface area contributed by atoms with Gasteiger partial charge in [0.1, 0.15) is 11.1 Å². The van der Waals surface area contributed by atoms with E-state index < -0.39 is 0 Å². The van der Waals surface area contributed by atoms with Crippen molar-refractivity contribution < 1.29 is 0 Å². The van der Waals surface area contributed by atoms with Gasteiger partial charge < -0.3 is 4.57 Å². The molecule has 0 unspecified atom stereocenters. The monoisotopic (exact) mass is 501 g/mol. The zero-order valence-corrected chi connectivity index (χ0v) is 22.5. The molecular formula is C33H31N3S. The third-order valence-corrected chi connectivity index (χ3v) is 9.11. The van der Waals surface area contributed by atoms with Crippen molar-refractivity contribution in [2.24, 2.45) is 16.3 Å². The van der Waals surface area contributed by atoms with Crippen molar-refractivity contribution in [3.05, 3.63) is 100 Å². The van der Waals surface area contributed by atoms with Gasteiger partial charge in [-0.15, -0.1) is 11.3 Å². The largest absolute Gasteiger partial charge is 0.342 e. The van der Waals surface area contributed by atoms with Crippen LogP contribution in [0.3, 0.4) is 0 Å². The van der Waals surface area contributed by atoms with Crippen LogP contribution < -0.4 is 0 Å². The van der Waals surface area contributed by atoms with Gasteiger partial charge in [-0.1, -0.05) is 81.4 Å². The molecule has 0 amide bonds. The van der Waals surface area contributed by atoms with E-state index >= 15 is 0 Å². The summed E-state index contributed by atoms with van der Waals surface area (Å²) in [5, 5.41) is 14.6. The molecule has 37 heavy (non-hydrogen) atoms. The average molecular weight is 502 g/mol. The number of aliphatic imine (C=N–C) groups is 1. The Labute approximate surface area is 222 Å². The molecule has 0 saturated carbocycles. The van der Waals surface area contributed by atoms with Gasteiger partial charge in [-0.2, -0.15) is 5.26 Å². The minimum Gasteiger partial charge on any atom is -0.342 e. The van der Waals surface area contributed by atoms with E-state index in [4.69, 9.17) is 4.99 Å². The molecule has 0 radical (unpaired) electrons. The zero-order chi connectivity index (χ0) is 25.6. The quantitative estimate of drug-likeness (QED) is 0.227. The van der Waals surface area contributed by atoms with E-state index in [1.54, 1.807) is 11.3 Å². The van der Waals surface area contributed by atoms with Crippen molar-refractivity contribution in [2.75, 3.05) is 0 Å². The van der Waals surface area contributed by atoms with Gasteiger partial charge in [0.2, 0.25) is 0 Å². The first-order chi connectivity index (χ1) is 17.9. The summed E-state index contributed by atoms with van der Waals surface area (Å²) in [4.78, 5) is 6.27. The summed E-state index contributed by atoms with van der Waals surface area (Å²) in [6, 6.07) is 26.1. The standard InChI is InChI=1S/C33H31N3S/c1-33(2,3)25-15-16-28-29(18-34)32(37-31(28)17-25)35-19-24-21-36(30-14-7-6-13-27(24)30)20-23-11-8-10-22-9-4-5-12-26(22)23/h4-14,19,21,25H,15-17,20H2,1-3H3/t25-/m0/s1. The number of benzene rings is 3. The second-order valence-corrected chi connectivity index (χ2v) is 12.3. The molecule has 1 aliphatic rings. The molecule has 3 nitrogen and oxygen atoms in total. The first-order valence-corrected chi connectivity index (χ1v) is 13.9. The van der Waals surface area contributed by atoms with Gasteiger partial charge in [0, 0.05) is 40.3 Å². The van der Waals surface area contributed by atoms with Crippen molar-refractivity contribution in [3.63, 3.8) is 0 Å². The van der Waals surface area contributed by atoms with Crippen LogP contribution in [0.4, 0.5) is 5.00 Å². The Kier molecular flexibility index (Phi) is 5.97. The van der Waals surface area contributed by atoms with Crippen LogP contribution in [0.5, 0.6) is 0 Å². The van der Waals surface area contributed by atoms with Gasteiger partial charge in [-0.25, -0.2) is 4.99 Å². The van der Waals surface area contributed by atoms with Crippen LogP contribution in [0.1, 0.15) is 54.3 Å². The molecule has 184 valence electrons. The molecule has 1 atom stereocenters. The Morgan fingerprint density at radius 1 is 1.03 bits per heavy atom. The highest BCUT2D eigenvalue weighted by Gasteiger charge is 2.32. The summed E-state index contributed by atoms with van der Waals surface area (Å²) in [6.45, 7) is 7.78. The van der Waals surface area contributed by atoms with Crippen molar-refractivity contribution in [1.82, 2.24) is 4.57 Å². The lowest BCUT2D eigenvalue weighted by atomic mass is 9.72. The minimum absolute atomic E-state index is 0.282. The maximum absolute atomic E-state index is 9.99. The molecule has 0 spiro atoms. The summed E-state index contributed by atoms with van der Waals surface area (Å²) in [6.07, 6.45) is 7.34. The van der Waals surface area contributed by atoms with Gasteiger partial charge in [-0.3, -0.25) is 0 Å². The highest BCUT2D eigenvalue weighted by Crippen LogP contribution is 2.45. The molecule has 2 aromatic heterocycles. The van der Waals surface area contributed by atoms with E-state index in [2.05, 4.69) is 104 Å². The van der Waals surface area contributed by atoms with Crippen LogP contribution in [0.2, 0.25) is 0 Å². The normalized spacial score (nSPS) is 15.9. The Balaban J connectivity index is 1.36. The van der Waals surface area contributed by atoms with Crippen LogP contribution in [-0.2, 0) is 19.4 Å². The predicted molar refractivity (Wildman–Crippen MR) is 156 cm³/mol. The Bertz CT molecular complexity index is 1680. The fourth-order valence-corrected chi connectivity index (χ4v) is 6.99. The SMILES string of the molecule is CC(C)(C)[C@H]1CCc2c(sc(N=Cc3cn(Cc4cccc5ccccc45)c4ccccc34)c2C#N)C1. The van der Waals surface area contributed by atoms with E-state index in [0.717, 1.165) is 41.9 Å². The lowest BCUT2D eigenvalue weighted by molar-refractivity contribution is 0.218. The fraction of sp³-hybridized carbons (Fsp3) is 0.273. The van der Waals surface area contributed by atoms with Crippen LogP contribution >= 0.6 is 11.3 Å². The predicted octanol–water partition coefficient (Wildman–Crippen LogP) is 8.68. The maximum atomic E-state index is 9.99. The molecule has 0 saturated heterocycles. The number of nitrogens with zero attached hydrogens (tertiary/aromatic N) is 3. The second-order valence-electron chi connectivity index (χ2n) is 11.2. The third-order valence-electron chi connectivity index (χ3n) is 7.94. The van der Waals surface area contributed by atoms with Gasteiger partial charge in [-0.05, 0) is 58.6 Å². The van der Waals surface area contributed by atoms with Gasteiger partial charge in [0.25, 0.3) is 0 Å². The third kappa shape index (κ3) is 4.38. The molecule has 6 rings (SSSR count). The smallest absolute Gasteiger partial charge is 0.134 e. The Hall–Kier alpha value is -3.68. The van der Waals surface area contributed by atoms with E-state index in [9.17, 15) is 5.26 Å². The summed E-state index contributed by atoms with van der Waals surface area (Å²) in [5.41, 5.74) is 5.87. The second kappa shape index (κ2) is 9.32. The molecule has 0 aliphatic heterocycles. The molecule has 0 N–H and O–H groups in total. The number of para-hydroxylation sites is 1. The number of fused-ring (bicyclic) bond motifs is 3. The van der Waals surface area contributed by atoms with Crippen LogP contribution in [0.25, 0.3) is 21.7 Å². The molecule has 3 aromatic carbocycles. The van der Waals surface area contributed by atoms with Crippen molar-refractivity contribution in [1.29, 1.82) is 5.26 Å². The molecule has 2 heterocycles. The number of nitriles is 1. The molecule has 0 bridgehead atoms. The van der Waals surface area contributed by atoms with Crippen molar-refractivity contribution in [3.8, 4) is 6.07 Å². The summed E-state index contributed by atoms with van der Waals surface area (Å²) < 4.78 is 2.32. The molecule has 0 fully saturated rings. The average Bonchev–Trinajstić information content (AvgIpc) is 3.44. The van der Waals surface area contributed by atoms with Crippen LogP contribution in [-0.4, -0.2) is 10.8 Å². The molecular weight excluding hydrogens is 470 g/mol. The van der Waals surface area contributed by atoms with E-state index in [1.807, 2.05) is 6.21 Å². The fourth-order valence-electron chi connectivity index (χ4n) is 5.77. The number of aromatic nitrogens is 1. The molecule has 4 heteroatoms. The number of thiophene rings is 1. The topological polar surface area (TPSA) is 41.1 Å². The molecule has 1 aliphatic carbocycles. The zero-order valence-electron chi connectivity index (χ0n) is 21.7. The summed E-state index contributed by atoms with van der Waals surface area (Å²) in [7, 11) is 0. The molecule has 5 aromatic rings. The van der Waals surface area contributed by atoms with E-state index in [1.165, 1.54) is 37.7 Å². The Morgan fingerprint density at radius 2 is 1.78 bits per heavy atom. The van der Waals surface area contributed by atoms with E-state index in [0.29, 0.717) is 5.92 Å². The van der Waals surface area contributed by atoms with Gasteiger partial charge in [0.15, 0.2) is 0 Å². The number of hydrogen-bond acceptors (Lipinski definition) is 3. The highest BCUT2D eigenvalue weighted by atomic mass is 32.1. The first kappa shape index (κ1) is 23.7.